The van der Waals surface area contributed by atoms with Crippen LogP contribution in [0.2, 0.25) is 5.02 Å². The van der Waals surface area contributed by atoms with Crippen LogP contribution in [0.15, 0.2) is 78.9 Å². The third kappa shape index (κ3) is 5.62. The molecule has 0 bridgehead atoms. The fraction of sp³-hybridized carbons (Fsp3) is 0.0800. The fourth-order valence-corrected chi connectivity index (χ4v) is 3.20. The van der Waals surface area contributed by atoms with Crippen molar-refractivity contribution in [1.82, 2.24) is 9.97 Å². The quantitative estimate of drug-likeness (QED) is 0.317. The Balaban J connectivity index is 1.42. The van der Waals surface area contributed by atoms with Gasteiger partial charge in [-0.2, -0.15) is 0 Å². The highest BCUT2D eigenvalue weighted by Crippen LogP contribution is 2.22. The van der Waals surface area contributed by atoms with Crippen molar-refractivity contribution in [2.75, 3.05) is 16.0 Å². The SMILES string of the molecule is Cc1ccc(Nc2cc(Nc3ccc(NC(=O)c4ccc(Cl)cc4)cc3)nc(C)n2)cc1. The Labute approximate surface area is 191 Å². The molecule has 7 heteroatoms. The molecule has 0 saturated heterocycles. The number of benzene rings is 3. The molecule has 1 heterocycles. The molecular weight excluding hydrogens is 422 g/mol. The third-order valence-electron chi connectivity index (χ3n) is 4.68. The van der Waals surface area contributed by atoms with Gasteiger partial charge in [-0.3, -0.25) is 4.79 Å². The van der Waals surface area contributed by atoms with Crippen molar-refractivity contribution >= 4 is 46.2 Å². The summed E-state index contributed by atoms with van der Waals surface area (Å²) in [7, 11) is 0. The van der Waals surface area contributed by atoms with Crippen LogP contribution in [-0.4, -0.2) is 15.9 Å². The van der Waals surface area contributed by atoms with E-state index in [-0.39, 0.29) is 5.91 Å². The highest BCUT2D eigenvalue weighted by Gasteiger charge is 2.07. The summed E-state index contributed by atoms with van der Waals surface area (Å²) >= 11 is 5.87. The number of aryl methyl sites for hydroxylation is 2. The number of nitrogens with one attached hydrogen (secondary N) is 3. The standard InChI is InChI=1S/C25H22ClN5O/c1-16-3-9-20(10-4-16)29-23-15-24(28-17(2)27-23)30-21-11-13-22(14-12-21)31-25(32)18-5-7-19(26)8-6-18/h3-15H,1-2H3,(H,31,32)(H2,27,28,29,30). The number of anilines is 5. The summed E-state index contributed by atoms with van der Waals surface area (Å²) in [4.78, 5) is 21.3. The molecule has 3 N–H and O–H groups in total. The summed E-state index contributed by atoms with van der Waals surface area (Å²) in [6.07, 6.45) is 0. The number of carbonyl (C=O) groups excluding carboxylic acids is 1. The van der Waals surface area contributed by atoms with Gasteiger partial charge in [0.25, 0.3) is 5.91 Å². The number of hydrogen-bond acceptors (Lipinski definition) is 5. The molecule has 1 amide bonds. The van der Waals surface area contributed by atoms with Crippen molar-refractivity contribution in [2.45, 2.75) is 13.8 Å². The van der Waals surface area contributed by atoms with Crippen LogP contribution in [0.25, 0.3) is 0 Å². The summed E-state index contributed by atoms with van der Waals surface area (Å²) in [6.45, 7) is 3.90. The van der Waals surface area contributed by atoms with Crippen LogP contribution in [0.5, 0.6) is 0 Å². The van der Waals surface area contributed by atoms with Gasteiger partial charge in [0.1, 0.15) is 17.5 Å². The van der Waals surface area contributed by atoms with Crippen LogP contribution in [0.1, 0.15) is 21.7 Å². The van der Waals surface area contributed by atoms with Crippen molar-refractivity contribution in [1.29, 1.82) is 0 Å². The second kappa shape index (κ2) is 9.49. The van der Waals surface area contributed by atoms with E-state index in [0.29, 0.717) is 33.7 Å². The van der Waals surface area contributed by atoms with Gasteiger partial charge >= 0.3 is 0 Å². The first-order chi connectivity index (χ1) is 15.4. The second-order valence-electron chi connectivity index (χ2n) is 7.34. The van der Waals surface area contributed by atoms with Gasteiger partial charge < -0.3 is 16.0 Å². The lowest BCUT2D eigenvalue weighted by Crippen LogP contribution is -2.11. The molecule has 0 aliphatic rings. The molecule has 32 heavy (non-hydrogen) atoms. The topological polar surface area (TPSA) is 78.9 Å². The smallest absolute Gasteiger partial charge is 0.255 e. The average molecular weight is 444 g/mol. The largest absolute Gasteiger partial charge is 0.340 e. The maximum absolute atomic E-state index is 12.4. The number of amides is 1. The lowest BCUT2D eigenvalue weighted by atomic mass is 10.2. The van der Waals surface area contributed by atoms with Crippen LogP contribution in [0.4, 0.5) is 28.7 Å². The van der Waals surface area contributed by atoms with Crippen LogP contribution in [-0.2, 0) is 0 Å². The lowest BCUT2D eigenvalue weighted by Gasteiger charge is -2.11. The van der Waals surface area contributed by atoms with Gasteiger partial charge in [-0.1, -0.05) is 29.3 Å². The Morgan fingerprint density at radius 2 is 1.22 bits per heavy atom. The van der Waals surface area contributed by atoms with Gasteiger partial charge in [-0.25, -0.2) is 9.97 Å². The van der Waals surface area contributed by atoms with Crippen LogP contribution in [0.3, 0.4) is 0 Å². The summed E-state index contributed by atoms with van der Waals surface area (Å²) in [5.74, 6) is 1.83. The van der Waals surface area contributed by atoms with Crippen LogP contribution in [0, 0.1) is 13.8 Å². The molecule has 0 atom stereocenters. The van der Waals surface area contributed by atoms with E-state index in [1.807, 2.05) is 61.5 Å². The summed E-state index contributed by atoms with van der Waals surface area (Å²) < 4.78 is 0. The zero-order valence-electron chi connectivity index (χ0n) is 17.7. The first-order valence-corrected chi connectivity index (χ1v) is 10.5. The maximum Gasteiger partial charge on any atom is 0.255 e. The van der Waals surface area contributed by atoms with E-state index in [4.69, 9.17) is 11.6 Å². The maximum atomic E-state index is 12.4. The molecule has 0 fully saturated rings. The molecule has 1 aromatic heterocycles. The molecule has 0 aliphatic heterocycles. The van der Waals surface area contributed by atoms with E-state index in [9.17, 15) is 4.79 Å². The van der Waals surface area contributed by atoms with Gasteiger partial charge in [0.05, 0.1) is 0 Å². The van der Waals surface area contributed by atoms with Crippen molar-refractivity contribution in [2.24, 2.45) is 0 Å². The predicted molar refractivity (Wildman–Crippen MR) is 130 cm³/mol. The zero-order chi connectivity index (χ0) is 22.5. The van der Waals surface area contributed by atoms with Crippen LogP contribution >= 0.6 is 11.6 Å². The van der Waals surface area contributed by atoms with Crippen molar-refractivity contribution in [3.05, 3.63) is 101 Å². The van der Waals surface area contributed by atoms with E-state index < -0.39 is 0 Å². The number of hydrogen-bond donors (Lipinski definition) is 3. The molecule has 0 saturated carbocycles. The zero-order valence-corrected chi connectivity index (χ0v) is 18.4. The van der Waals surface area contributed by atoms with Gasteiger partial charge in [0.2, 0.25) is 0 Å². The minimum atomic E-state index is -0.194. The molecule has 4 rings (SSSR count). The first-order valence-electron chi connectivity index (χ1n) is 10.1. The second-order valence-corrected chi connectivity index (χ2v) is 7.78. The summed E-state index contributed by atoms with van der Waals surface area (Å²) in [6, 6.07) is 24.1. The molecule has 0 unspecified atom stereocenters. The van der Waals surface area contributed by atoms with Crippen molar-refractivity contribution < 1.29 is 4.79 Å². The molecule has 0 aliphatic carbocycles. The van der Waals surface area contributed by atoms with Crippen LogP contribution < -0.4 is 16.0 Å². The molecule has 160 valence electrons. The Kier molecular flexibility index (Phi) is 6.33. The van der Waals surface area contributed by atoms with Gasteiger partial charge in [-0.05, 0) is 74.5 Å². The third-order valence-corrected chi connectivity index (χ3v) is 4.94. The molecule has 4 aromatic rings. The normalized spacial score (nSPS) is 10.5. The van der Waals surface area contributed by atoms with Gasteiger partial charge in [0, 0.05) is 33.7 Å². The van der Waals surface area contributed by atoms with Crippen molar-refractivity contribution in [3.8, 4) is 0 Å². The Morgan fingerprint density at radius 1 is 0.719 bits per heavy atom. The molecule has 0 radical (unpaired) electrons. The first kappa shape index (κ1) is 21.3. The Bertz CT molecular complexity index is 1220. The highest BCUT2D eigenvalue weighted by atomic mass is 35.5. The number of rotatable bonds is 6. The minimum absolute atomic E-state index is 0.194. The molecule has 0 spiro atoms. The fourth-order valence-electron chi connectivity index (χ4n) is 3.07. The highest BCUT2D eigenvalue weighted by molar-refractivity contribution is 6.30. The summed E-state index contributed by atoms with van der Waals surface area (Å²) in [5, 5.41) is 10.0. The van der Waals surface area contributed by atoms with E-state index >= 15 is 0 Å². The van der Waals surface area contributed by atoms with E-state index in [1.54, 1.807) is 24.3 Å². The van der Waals surface area contributed by atoms with E-state index in [1.165, 1.54) is 5.56 Å². The molecule has 3 aromatic carbocycles. The monoisotopic (exact) mass is 443 g/mol. The average Bonchev–Trinajstić information content (AvgIpc) is 2.77. The number of aromatic nitrogens is 2. The molecular formula is C25H22ClN5O. The Hall–Kier alpha value is -3.90. The van der Waals surface area contributed by atoms with Gasteiger partial charge in [0.15, 0.2) is 0 Å². The van der Waals surface area contributed by atoms with E-state index in [0.717, 1.165) is 11.4 Å². The van der Waals surface area contributed by atoms with E-state index in [2.05, 4.69) is 32.8 Å². The predicted octanol–water partition coefficient (Wildman–Crippen LogP) is 6.49. The minimum Gasteiger partial charge on any atom is -0.340 e. The lowest BCUT2D eigenvalue weighted by molar-refractivity contribution is 0.102. The molecule has 6 nitrogen and oxygen atoms in total. The number of nitrogens with zero attached hydrogens (tertiary/aromatic N) is 2. The number of carbonyl (C=O) groups is 1. The van der Waals surface area contributed by atoms with Crippen molar-refractivity contribution in [3.63, 3.8) is 0 Å². The number of halogens is 1. The van der Waals surface area contributed by atoms with Gasteiger partial charge in [-0.15, -0.1) is 0 Å². The Morgan fingerprint density at radius 3 is 1.78 bits per heavy atom. The summed E-state index contributed by atoms with van der Waals surface area (Å²) in [5.41, 5.74) is 4.23.